The molecule has 0 aliphatic carbocycles. The van der Waals surface area contributed by atoms with E-state index in [1.807, 2.05) is 52.0 Å². The Morgan fingerprint density at radius 3 is 1.60 bits per heavy atom. The minimum atomic E-state index is -0.189. The first kappa shape index (κ1) is 17.1. The molecule has 0 unspecified atom stereocenters. The maximum atomic E-state index is 9.67. The number of rotatable bonds is 3. The predicted molar refractivity (Wildman–Crippen MR) is 104 cm³/mol. The van der Waals surface area contributed by atoms with Crippen molar-refractivity contribution in [3.63, 3.8) is 0 Å². The van der Waals surface area contributed by atoms with E-state index in [0.29, 0.717) is 5.75 Å². The van der Waals surface area contributed by atoms with Gasteiger partial charge >= 0.3 is 0 Å². The Bertz CT molecular complexity index is 854. The van der Waals surface area contributed by atoms with E-state index in [2.05, 4.69) is 36.4 Å². The van der Waals surface area contributed by atoms with Crippen LogP contribution in [-0.4, -0.2) is 10.7 Å². The Labute approximate surface area is 149 Å². The molecule has 0 heterocycles. The van der Waals surface area contributed by atoms with Crippen LogP contribution in [0.15, 0.2) is 66.7 Å². The summed E-state index contributed by atoms with van der Waals surface area (Å²) in [7, 11) is 0. The lowest BCUT2D eigenvalue weighted by Gasteiger charge is -2.21. The normalized spacial score (nSPS) is 11.4. The molecule has 0 saturated carbocycles. The molecule has 0 aliphatic heterocycles. The summed E-state index contributed by atoms with van der Waals surface area (Å²) in [5.74, 6) is 1.21. The molecule has 0 aromatic heterocycles. The van der Waals surface area contributed by atoms with Crippen LogP contribution in [0, 0.1) is 6.92 Å². The van der Waals surface area contributed by atoms with Crippen LogP contribution >= 0.6 is 0 Å². The molecule has 3 aromatic rings. The summed E-state index contributed by atoms with van der Waals surface area (Å²) in [6.07, 6.45) is 0. The molecule has 2 nitrogen and oxygen atoms in total. The van der Waals surface area contributed by atoms with Gasteiger partial charge in [-0.2, -0.15) is 0 Å². The summed E-state index contributed by atoms with van der Waals surface area (Å²) in [5.41, 5.74) is 5.27. The van der Waals surface area contributed by atoms with E-state index in [1.165, 1.54) is 5.56 Å². The number of phenolic OH excluding ortho intramolecular Hbond substituents is 1. The Morgan fingerprint density at radius 1 is 0.680 bits per heavy atom. The summed E-state index contributed by atoms with van der Waals surface area (Å²) in [4.78, 5) is 0. The minimum absolute atomic E-state index is 0.189. The molecule has 3 rings (SSSR count). The molecule has 0 fully saturated rings. The molecule has 0 amide bonds. The van der Waals surface area contributed by atoms with Crippen LogP contribution in [0.5, 0.6) is 11.5 Å². The summed E-state index contributed by atoms with van der Waals surface area (Å²) in [6, 6.07) is 22.3. The van der Waals surface area contributed by atoms with E-state index in [1.54, 1.807) is 6.07 Å². The predicted octanol–water partition coefficient (Wildman–Crippen LogP) is 6.21. The van der Waals surface area contributed by atoms with Gasteiger partial charge in [0.25, 0.3) is 0 Å². The van der Waals surface area contributed by atoms with Gasteiger partial charge < -0.3 is 9.84 Å². The lowest BCUT2D eigenvalue weighted by molar-refractivity contribution is 0.131. The fourth-order valence-electron chi connectivity index (χ4n) is 2.76. The third-order valence-electron chi connectivity index (χ3n) is 4.03. The first-order chi connectivity index (χ1) is 11.8. The molecule has 1 N–H and O–H groups in total. The van der Waals surface area contributed by atoms with Gasteiger partial charge in [0.1, 0.15) is 17.1 Å². The molecule has 2 heteroatoms. The average Bonchev–Trinajstić information content (AvgIpc) is 2.57. The van der Waals surface area contributed by atoms with Gasteiger partial charge in [-0.25, -0.2) is 0 Å². The first-order valence-corrected chi connectivity index (χ1v) is 8.51. The molecule has 0 spiro atoms. The van der Waals surface area contributed by atoms with Crippen molar-refractivity contribution in [3.8, 4) is 33.8 Å². The van der Waals surface area contributed by atoms with Gasteiger partial charge in [0.2, 0.25) is 0 Å². The molecule has 25 heavy (non-hydrogen) atoms. The maximum absolute atomic E-state index is 9.67. The van der Waals surface area contributed by atoms with Gasteiger partial charge in [0, 0.05) is 0 Å². The zero-order chi connectivity index (χ0) is 18.0. The van der Waals surface area contributed by atoms with Gasteiger partial charge in [0.05, 0.1) is 0 Å². The van der Waals surface area contributed by atoms with Crippen molar-refractivity contribution in [2.45, 2.75) is 33.3 Å². The molecule has 3 aromatic carbocycles. The fraction of sp³-hybridized carbons (Fsp3) is 0.217. The highest BCUT2D eigenvalue weighted by atomic mass is 16.5. The summed E-state index contributed by atoms with van der Waals surface area (Å²) < 4.78 is 5.87. The van der Waals surface area contributed by atoms with Crippen molar-refractivity contribution >= 4 is 0 Å². The van der Waals surface area contributed by atoms with Crippen LogP contribution in [0.3, 0.4) is 0 Å². The summed E-state index contributed by atoms with van der Waals surface area (Å²) in [5, 5.41) is 9.67. The second-order valence-electron chi connectivity index (χ2n) is 7.32. The van der Waals surface area contributed by atoms with E-state index in [-0.39, 0.29) is 5.60 Å². The molecular weight excluding hydrogens is 308 g/mol. The van der Waals surface area contributed by atoms with Gasteiger partial charge in [0.15, 0.2) is 0 Å². The zero-order valence-corrected chi connectivity index (χ0v) is 15.2. The number of benzene rings is 3. The molecule has 0 aliphatic rings. The monoisotopic (exact) mass is 332 g/mol. The topological polar surface area (TPSA) is 29.5 Å². The number of aromatic hydroxyl groups is 1. The highest BCUT2D eigenvalue weighted by Gasteiger charge is 2.11. The maximum Gasteiger partial charge on any atom is 0.120 e. The third kappa shape index (κ3) is 4.21. The number of aryl methyl sites for hydroxylation is 1. The summed E-state index contributed by atoms with van der Waals surface area (Å²) >= 11 is 0. The largest absolute Gasteiger partial charge is 0.508 e. The molecule has 0 saturated heterocycles. The van der Waals surface area contributed by atoms with Crippen molar-refractivity contribution in [2.24, 2.45) is 0 Å². The molecule has 128 valence electrons. The lowest BCUT2D eigenvalue weighted by atomic mass is 9.99. The number of hydrogen-bond acceptors (Lipinski definition) is 2. The van der Waals surface area contributed by atoms with E-state index in [4.69, 9.17) is 4.74 Å². The van der Waals surface area contributed by atoms with Crippen molar-refractivity contribution in [1.82, 2.24) is 0 Å². The minimum Gasteiger partial charge on any atom is -0.508 e. The average molecular weight is 332 g/mol. The highest BCUT2D eigenvalue weighted by Crippen LogP contribution is 2.29. The Balaban J connectivity index is 1.81. The Kier molecular flexibility index (Phi) is 4.54. The van der Waals surface area contributed by atoms with Crippen molar-refractivity contribution in [3.05, 3.63) is 72.3 Å². The van der Waals surface area contributed by atoms with Gasteiger partial charge in [-0.15, -0.1) is 0 Å². The third-order valence-corrected chi connectivity index (χ3v) is 4.03. The van der Waals surface area contributed by atoms with E-state index in [0.717, 1.165) is 28.0 Å². The second-order valence-corrected chi connectivity index (χ2v) is 7.32. The first-order valence-electron chi connectivity index (χ1n) is 8.51. The SMILES string of the molecule is Cc1cc(-c2ccc(-c3ccc(OC(C)(C)C)cc3)cc2)ccc1O. The molecule has 0 radical (unpaired) electrons. The van der Waals surface area contributed by atoms with Crippen molar-refractivity contribution < 1.29 is 9.84 Å². The standard InChI is InChI=1S/C23H24O2/c1-16-15-20(11-14-22(16)24)19-7-5-17(6-8-19)18-9-12-21(13-10-18)25-23(2,3)4/h5-15,24H,1-4H3. The van der Waals surface area contributed by atoms with Crippen LogP contribution < -0.4 is 4.74 Å². The molecule has 0 bridgehead atoms. The van der Waals surface area contributed by atoms with Crippen LogP contribution in [0.25, 0.3) is 22.3 Å². The number of phenols is 1. The number of hydrogen-bond donors (Lipinski definition) is 1. The fourth-order valence-corrected chi connectivity index (χ4v) is 2.76. The highest BCUT2D eigenvalue weighted by molar-refractivity contribution is 5.71. The van der Waals surface area contributed by atoms with E-state index >= 15 is 0 Å². The quantitative estimate of drug-likeness (QED) is 0.617. The van der Waals surface area contributed by atoms with Crippen LogP contribution in [0.1, 0.15) is 26.3 Å². The van der Waals surface area contributed by atoms with E-state index in [9.17, 15) is 5.11 Å². The van der Waals surface area contributed by atoms with Crippen molar-refractivity contribution in [2.75, 3.05) is 0 Å². The zero-order valence-electron chi connectivity index (χ0n) is 15.2. The smallest absolute Gasteiger partial charge is 0.120 e. The van der Waals surface area contributed by atoms with E-state index < -0.39 is 0 Å². The Hall–Kier alpha value is -2.74. The van der Waals surface area contributed by atoms with Crippen molar-refractivity contribution in [1.29, 1.82) is 0 Å². The lowest BCUT2D eigenvalue weighted by Crippen LogP contribution is -2.22. The van der Waals surface area contributed by atoms with Crippen LogP contribution in [-0.2, 0) is 0 Å². The Morgan fingerprint density at radius 2 is 1.12 bits per heavy atom. The van der Waals surface area contributed by atoms with Crippen LogP contribution in [0.2, 0.25) is 0 Å². The molecule has 0 atom stereocenters. The second kappa shape index (κ2) is 6.64. The van der Waals surface area contributed by atoms with Gasteiger partial charge in [-0.3, -0.25) is 0 Å². The molecular formula is C23H24O2. The van der Waals surface area contributed by atoms with Gasteiger partial charge in [-0.1, -0.05) is 42.5 Å². The van der Waals surface area contributed by atoms with Gasteiger partial charge in [-0.05, 0) is 79.8 Å². The number of ether oxygens (including phenoxy) is 1. The van der Waals surface area contributed by atoms with Crippen LogP contribution in [0.4, 0.5) is 0 Å². The summed E-state index contributed by atoms with van der Waals surface area (Å²) in [6.45, 7) is 8.05.